The minimum Gasteiger partial charge on any atom is -0.366 e. The van der Waals surface area contributed by atoms with Gasteiger partial charge in [-0.25, -0.2) is 8.42 Å². The Bertz CT molecular complexity index is 621. The molecule has 0 atom stereocenters. The number of rotatable bonds is 6. The van der Waals surface area contributed by atoms with Gasteiger partial charge in [-0.3, -0.25) is 4.72 Å². The average Bonchev–Trinajstić information content (AvgIpc) is 2.92. The number of benzene rings is 1. The van der Waals surface area contributed by atoms with Gasteiger partial charge in [0.05, 0.1) is 5.69 Å². The number of hydrogen-bond acceptors (Lipinski definition) is 3. The third-order valence-corrected chi connectivity index (χ3v) is 4.07. The van der Waals surface area contributed by atoms with Crippen molar-refractivity contribution in [3.8, 4) is 0 Å². The van der Waals surface area contributed by atoms with Crippen molar-refractivity contribution in [2.24, 2.45) is 0 Å². The monoisotopic (exact) mass is 279 g/mol. The van der Waals surface area contributed by atoms with Crippen molar-refractivity contribution in [3.05, 3.63) is 48.3 Å². The lowest BCUT2D eigenvalue weighted by Crippen LogP contribution is -2.17. The predicted octanol–water partition coefficient (Wildman–Crippen LogP) is 1.93. The Hall–Kier alpha value is -1.79. The molecule has 102 valence electrons. The number of anilines is 1. The Morgan fingerprint density at radius 1 is 1.21 bits per heavy atom. The van der Waals surface area contributed by atoms with E-state index in [0.29, 0.717) is 12.2 Å². The van der Waals surface area contributed by atoms with Gasteiger partial charge < -0.3 is 10.3 Å². The first-order valence-corrected chi connectivity index (χ1v) is 7.56. The smallest absolute Gasteiger partial charge is 0.263 e. The molecule has 6 heteroatoms. The van der Waals surface area contributed by atoms with Gasteiger partial charge in [-0.2, -0.15) is 0 Å². The number of nitrogens with one attached hydrogen (secondary N) is 3. The lowest BCUT2D eigenvalue weighted by Gasteiger charge is -2.12. The van der Waals surface area contributed by atoms with Gasteiger partial charge in [-0.1, -0.05) is 25.1 Å². The summed E-state index contributed by atoms with van der Waals surface area (Å²) in [5.41, 5.74) is 1.52. The number of H-pyrrole nitrogens is 1. The first-order valence-electron chi connectivity index (χ1n) is 6.07. The van der Waals surface area contributed by atoms with E-state index in [1.807, 2.05) is 25.1 Å². The molecule has 19 heavy (non-hydrogen) atoms. The van der Waals surface area contributed by atoms with Gasteiger partial charge in [-0.05, 0) is 24.2 Å². The molecule has 2 rings (SSSR count). The van der Waals surface area contributed by atoms with Crippen LogP contribution in [0.15, 0.2) is 47.6 Å². The van der Waals surface area contributed by atoms with Crippen molar-refractivity contribution in [2.45, 2.75) is 18.4 Å². The van der Waals surface area contributed by atoms with Gasteiger partial charge in [-0.15, -0.1) is 0 Å². The Balaban J connectivity index is 2.24. The minimum absolute atomic E-state index is 0.228. The second kappa shape index (κ2) is 5.90. The fraction of sp³-hybridized carbons (Fsp3) is 0.231. The Kier molecular flexibility index (Phi) is 4.24. The highest BCUT2D eigenvalue weighted by molar-refractivity contribution is 7.92. The van der Waals surface area contributed by atoms with Crippen LogP contribution in [0.3, 0.4) is 0 Å². The van der Waals surface area contributed by atoms with Crippen LogP contribution in [0.4, 0.5) is 5.69 Å². The van der Waals surface area contributed by atoms with Crippen LogP contribution in [0, 0.1) is 0 Å². The Labute approximate surface area is 113 Å². The number of aromatic amines is 1. The van der Waals surface area contributed by atoms with Crippen LogP contribution in [-0.4, -0.2) is 19.9 Å². The standard InChI is InChI=1S/C13H17N3O2S/c1-2-14-9-11-5-3-4-6-13(11)16-19(17,18)12-7-8-15-10-12/h3-8,10,14-16H,2,9H2,1H3. The third kappa shape index (κ3) is 3.36. The van der Waals surface area contributed by atoms with Gasteiger partial charge in [0.2, 0.25) is 0 Å². The summed E-state index contributed by atoms with van der Waals surface area (Å²) < 4.78 is 26.9. The van der Waals surface area contributed by atoms with Gasteiger partial charge in [0.1, 0.15) is 4.90 Å². The highest BCUT2D eigenvalue weighted by Gasteiger charge is 2.15. The van der Waals surface area contributed by atoms with E-state index in [1.54, 1.807) is 12.3 Å². The zero-order chi connectivity index (χ0) is 13.7. The zero-order valence-corrected chi connectivity index (χ0v) is 11.5. The number of sulfonamides is 1. The molecule has 1 aromatic carbocycles. The summed E-state index contributed by atoms with van der Waals surface area (Å²) in [6, 6.07) is 8.88. The molecule has 0 bridgehead atoms. The van der Waals surface area contributed by atoms with Gasteiger partial charge in [0.15, 0.2) is 0 Å². The van der Waals surface area contributed by atoms with Crippen molar-refractivity contribution in [1.29, 1.82) is 0 Å². The summed E-state index contributed by atoms with van der Waals surface area (Å²) in [7, 11) is -3.53. The van der Waals surface area contributed by atoms with E-state index in [0.717, 1.165) is 12.1 Å². The van der Waals surface area contributed by atoms with Crippen LogP contribution < -0.4 is 10.0 Å². The van der Waals surface area contributed by atoms with E-state index in [9.17, 15) is 8.42 Å². The molecular formula is C13H17N3O2S. The van der Waals surface area contributed by atoms with E-state index in [1.165, 1.54) is 12.3 Å². The van der Waals surface area contributed by atoms with Crippen molar-refractivity contribution >= 4 is 15.7 Å². The Morgan fingerprint density at radius 2 is 2.00 bits per heavy atom. The van der Waals surface area contributed by atoms with Crippen LogP contribution in [0.1, 0.15) is 12.5 Å². The van der Waals surface area contributed by atoms with Crippen LogP contribution >= 0.6 is 0 Å². The summed E-state index contributed by atoms with van der Waals surface area (Å²) >= 11 is 0. The molecule has 0 saturated carbocycles. The lowest BCUT2D eigenvalue weighted by atomic mass is 10.2. The quantitative estimate of drug-likeness (QED) is 0.756. The molecule has 0 aliphatic rings. The molecule has 1 heterocycles. The largest absolute Gasteiger partial charge is 0.366 e. The van der Waals surface area contributed by atoms with E-state index >= 15 is 0 Å². The molecule has 0 spiro atoms. The first-order chi connectivity index (χ1) is 9.13. The van der Waals surface area contributed by atoms with Crippen molar-refractivity contribution in [3.63, 3.8) is 0 Å². The van der Waals surface area contributed by atoms with E-state index in [-0.39, 0.29) is 4.90 Å². The normalized spacial score (nSPS) is 11.4. The van der Waals surface area contributed by atoms with Crippen LogP contribution in [0.5, 0.6) is 0 Å². The average molecular weight is 279 g/mol. The van der Waals surface area contributed by atoms with E-state index < -0.39 is 10.0 Å². The molecule has 0 amide bonds. The molecular weight excluding hydrogens is 262 g/mol. The van der Waals surface area contributed by atoms with E-state index in [4.69, 9.17) is 0 Å². The molecule has 0 saturated heterocycles. The minimum atomic E-state index is -3.53. The molecule has 2 aromatic rings. The van der Waals surface area contributed by atoms with Crippen molar-refractivity contribution < 1.29 is 8.42 Å². The highest BCUT2D eigenvalue weighted by Crippen LogP contribution is 2.19. The summed E-state index contributed by atoms with van der Waals surface area (Å²) in [5.74, 6) is 0. The van der Waals surface area contributed by atoms with Gasteiger partial charge >= 0.3 is 0 Å². The molecule has 0 aliphatic heterocycles. The number of hydrogen-bond donors (Lipinski definition) is 3. The number of aromatic nitrogens is 1. The third-order valence-electron chi connectivity index (χ3n) is 2.71. The summed E-state index contributed by atoms with van der Waals surface area (Å²) in [6.07, 6.45) is 3.04. The summed E-state index contributed by atoms with van der Waals surface area (Å²) in [5, 5.41) is 3.18. The molecule has 1 aromatic heterocycles. The second-order valence-corrected chi connectivity index (χ2v) is 5.77. The topological polar surface area (TPSA) is 74.0 Å². The molecule has 3 N–H and O–H groups in total. The maximum atomic E-state index is 12.1. The van der Waals surface area contributed by atoms with Gasteiger partial charge in [0.25, 0.3) is 10.0 Å². The molecule has 0 aliphatic carbocycles. The zero-order valence-electron chi connectivity index (χ0n) is 10.7. The van der Waals surface area contributed by atoms with Crippen molar-refractivity contribution in [1.82, 2.24) is 10.3 Å². The maximum Gasteiger partial charge on any atom is 0.263 e. The predicted molar refractivity (Wildman–Crippen MR) is 75.4 cm³/mol. The molecule has 0 radical (unpaired) electrons. The molecule has 0 unspecified atom stereocenters. The fourth-order valence-corrected chi connectivity index (χ4v) is 2.79. The SMILES string of the molecule is CCNCc1ccccc1NS(=O)(=O)c1cc[nH]c1. The Morgan fingerprint density at radius 3 is 2.68 bits per heavy atom. The fourth-order valence-electron chi connectivity index (χ4n) is 1.71. The van der Waals surface area contributed by atoms with Crippen LogP contribution in [0.25, 0.3) is 0 Å². The lowest BCUT2D eigenvalue weighted by molar-refractivity contribution is 0.601. The summed E-state index contributed by atoms with van der Waals surface area (Å²) in [4.78, 5) is 2.97. The molecule has 5 nitrogen and oxygen atoms in total. The molecule has 0 fully saturated rings. The van der Waals surface area contributed by atoms with Crippen LogP contribution in [-0.2, 0) is 16.6 Å². The first kappa shape index (κ1) is 13.6. The van der Waals surface area contributed by atoms with Crippen LogP contribution in [0.2, 0.25) is 0 Å². The highest BCUT2D eigenvalue weighted by atomic mass is 32.2. The second-order valence-electron chi connectivity index (χ2n) is 4.09. The van der Waals surface area contributed by atoms with Gasteiger partial charge in [0, 0.05) is 18.9 Å². The summed E-state index contributed by atoms with van der Waals surface area (Å²) in [6.45, 7) is 3.47. The number of para-hydroxylation sites is 1. The maximum absolute atomic E-state index is 12.1. The van der Waals surface area contributed by atoms with E-state index in [2.05, 4.69) is 15.0 Å². The van der Waals surface area contributed by atoms with Crippen molar-refractivity contribution in [2.75, 3.05) is 11.3 Å².